The molecule has 0 unspecified atom stereocenters. The van der Waals surface area contributed by atoms with Crippen molar-refractivity contribution in [3.63, 3.8) is 0 Å². The summed E-state index contributed by atoms with van der Waals surface area (Å²) in [5, 5.41) is 6.04. The first-order valence-electron chi connectivity index (χ1n) is 5.49. The van der Waals surface area contributed by atoms with Gasteiger partial charge in [-0.3, -0.25) is 5.32 Å². The Bertz CT molecular complexity index is 358. The van der Waals surface area contributed by atoms with Crippen LogP contribution in [-0.4, -0.2) is 19.2 Å². The van der Waals surface area contributed by atoms with Gasteiger partial charge < -0.3 is 10.1 Å². The zero-order valence-corrected chi connectivity index (χ0v) is 9.32. The molecule has 4 nitrogen and oxygen atoms in total. The van der Waals surface area contributed by atoms with Crippen molar-refractivity contribution in [3.8, 4) is 0 Å². The molecule has 2 rings (SSSR count). The number of benzene rings is 1. The van der Waals surface area contributed by atoms with Crippen molar-refractivity contribution in [3.05, 3.63) is 24.3 Å². The van der Waals surface area contributed by atoms with Crippen molar-refractivity contribution in [2.75, 3.05) is 17.7 Å². The summed E-state index contributed by atoms with van der Waals surface area (Å²) in [7, 11) is 1.35. The monoisotopic (exact) mass is 220 g/mol. The van der Waals surface area contributed by atoms with Gasteiger partial charge in [0.05, 0.1) is 7.11 Å². The molecule has 0 atom stereocenters. The summed E-state index contributed by atoms with van der Waals surface area (Å²) in [4.78, 5) is 11.0. The summed E-state index contributed by atoms with van der Waals surface area (Å²) < 4.78 is 4.51. The minimum absolute atomic E-state index is 0.445. The molecule has 0 radical (unpaired) electrons. The SMILES string of the molecule is COC(=O)Nc1ccc(NC2CCC2)cc1. The first-order chi connectivity index (χ1) is 7.78. The molecule has 4 heteroatoms. The maximum atomic E-state index is 11.0. The molecule has 1 saturated carbocycles. The highest BCUT2D eigenvalue weighted by molar-refractivity contribution is 5.84. The van der Waals surface area contributed by atoms with Gasteiger partial charge in [-0.1, -0.05) is 0 Å². The Kier molecular flexibility index (Phi) is 3.29. The Balaban J connectivity index is 1.90. The number of carbonyl (C=O) groups is 1. The number of rotatable bonds is 3. The molecule has 0 aromatic heterocycles. The number of hydrogen-bond acceptors (Lipinski definition) is 3. The van der Waals surface area contributed by atoms with E-state index in [9.17, 15) is 4.79 Å². The minimum atomic E-state index is -0.445. The second-order valence-electron chi connectivity index (χ2n) is 3.97. The van der Waals surface area contributed by atoms with Crippen LogP contribution < -0.4 is 10.6 Å². The molecule has 0 bridgehead atoms. The van der Waals surface area contributed by atoms with E-state index in [2.05, 4.69) is 15.4 Å². The first kappa shape index (κ1) is 10.8. The van der Waals surface area contributed by atoms with Gasteiger partial charge in [-0.15, -0.1) is 0 Å². The van der Waals surface area contributed by atoms with Gasteiger partial charge in [0, 0.05) is 17.4 Å². The zero-order valence-electron chi connectivity index (χ0n) is 9.32. The smallest absolute Gasteiger partial charge is 0.411 e. The fourth-order valence-corrected chi connectivity index (χ4v) is 1.61. The second-order valence-corrected chi connectivity index (χ2v) is 3.97. The number of amides is 1. The van der Waals surface area contributed by atoms with Crippen LogP contribution in [0.5, 0.6) is 0 Å². The summed E-state index contributed by atoms with van der Waals surface area (Å²) in [6.07, 6.45) is 3.38. The number of carbonyl (C=O) groups excluding carboxylic acids is 1. The lowest BCUT2D eigenvalue weighted by molar-refractivity contribution is 0.187. The topological polar surface area (TPSA) is 50.4 Å². The van der Waals surface area contributed by atoms with Gasteiger partial charge in [0.2, 0.25) is 0 Å². The number of nitrogens with one attached hydrogen (secondary N) is 2. The molecule has 1 amide bonds. The third-order valence-corrected chi connectivity index (χ3v) is 2.79. The van der Waals surface area contributed by atoms with Crippen LogP contribution in [0.25, 0.3) is 0 Å². The lowest BCUT2D eigenvalue weighted by Gasteiger charge is -2.27. The lowest BCUT2D eigenvalue weighted by atomic mass is 9.93. The molecule has 2 N–H and O–H groups in total. The maximum Gasteiger partial charge on any atom is 0.411 e. The third-order valence-electron chi connectivity index (χ3n) is 2.79. The van der Waals surface area contributed by atoms with Crippen molar-refractivity contribution in [2.24, 2.45) is 0 Å². The van der Waals surface area contributed by atoms with Crippen molar-refractivity contribution in [1.29, 1.82) is 0 Å². The highest BCUT2D eigenvalue weighted by Gasteiger charge is 2.16. The molecule has 0 heterocycles. The second kappa shape index (κ2) is 4.88. The fraction of sp³-hybridized carbons (Fsp3) is 0.417. The molecule has 1 aliphatic rings. The normalized spacial score (nSPS) is 15.1. The summed E-state index contributed by atoms with van der Waals surface area (Å²) in [5.41, 5.74) is 1.84. The number of hydrogen-bond donors (Lipinski definition) is 2. The van der Waals surface area contributed by atoms with E-state index in [1.807, 2.05) is 24.3 Å². The Morgan fingerprint density at radius 1 is 1.25 bits per heavy atom. The van der Waals surface area contributed by atoms with Gasteiger partial charge in [0.1, 0.15) is 0 Å². The molecule has 0 saturated heterocycles. The van der Waals surface area contributed by atoms with E-state index in [0.717, 1.165) is 11.4 Å². The quantitative estimate of drug-likeness (QED) is 0.823. The van der Waals surface area contributed by atoms with E-state index in [-0.39, 0.29) is 0 Å². The molecule has 1 fully saturated rings. The Hall–Kier alpha value is -1.71. The average molecular weight is 220 g/mol. The summed E-state index contributed by atoms with van der Waals surface area (Å²) in [6.45, 7) is 0. The molecule has 0 aliphatic heterocycles. The Labute approximate surface area is 95.0 Å². The van der Waals surface area contributed by atoms with Gasteiger partial charge in [0.15, 0.2) is 0 Å². The van der Waals surface area contributed by atoms with Gasteiger partial charge in [-0.05, 0) is 43.5 Å². The third kappa shape index (κ3) is 2.66. The zero-order chi connectivity index (χ0) is 11.4. The molecular weight excluding hydrogens is 204 g/mol. The molecule has 16 heavy (non-hydrogen) atoms. The average Bonchev–Trinajstić information content (AvgIpc) is 2.25. The fourth-order valence-electron chi connectivity index (χ4n) is 1.61. The summed E-state index contributed by atoms with van der Waals surface area (Å²) in [5.74, 6) is 0. The van der Waals surface area contributed by atoms with E-state index in [0.29, 0.717) is 6.04 Å². The molecule has 1 aromatic carbocycles. The lowest BCUT2D eigenvalue weighted by Crippen LogP contribution is -2.26. The highest BCUT2D eigenvalue weighted by Crippen LogP contribution is 2.23. The molecule has 86 valence electrons. The van der Waals surface area contributed by atoms with Crippen LogP contribution in [0.1, 0.15) is 19.3 Å². The van der Waals surface area contributed by atoms with Crippen LogP contribution in [0.4, 0.5) is 16.2 Å². The molecule has 0 spiro atoms. The van der Waals surface area contributed by atoms with Crippen molar-refractivity contribution >= 4 is 17.5 Å². The van der Waals surface area contributed by atoms with E-state index in [1.54, 1.807) is 0 Å². The summed E-state index contributed by atoms with van der Waals surface area (Å²) >= 11 is 0. The van der Waals surface area contributed by atoms with Crippen LogP contribution >= 0.6 is 0 Å². The van der Waals surface area contributed by atoms with Crippen LogP contribution in [0.15, 0.2) is 24.3 Å². The van der Waals surface area contributed by atoms with Crippen LogP contribution in [0, 0.1) is 0 Å². The van der Waals surface area contributed by atoms with Crippen molar-refractivity contribution < 1.29 is 9.53 Å². The molecule has 1 aromatic rings. The number of anilines is 2. The van der Waals surface area contributed by atoms with Crippen molar-refractivity contribution in [2.45, 2.75) is 25.3 Å². The van der Waals surface area contributed by atoms with E-state index >= 15 is 0 Å². The standard InChI is InChI=1S/C12H16N2O2/c1-16-12(15)14-11-7-5-10(6-8-11)13-9-3-2-4-9/h5-9,13H,2-4H2,1H3,(H,14,15). The summed E-state index contributed by atoms with van der Waals surface area (Å²) in [6, 6.07) is 8.27. The van der Waals surface area contributed by atoms with E-state index in [1.165, 1.54) is 26.4 Å². The van der Waals surface area contributed by atoms with E-state index in [4.69, 9.17) is 0 Å². The predicted octanol–water partition coefficient (Wildman–Crippen LogP) is 2.83. The van der Waals surface area contributed by atoms with Crippen LogP contribution in [0.2, 0.25) is 0 Å². The predicted molar refractivity (Wildman–Crippen MR) is 63.7 cm³/mol. The first-order valence-corrected chi connectivity index (χ1v) is 5.49. The molecular formula is C12H16N2O2. The van der Waals surface area contributed by atoms with E-state index < -0.39 is 6.09 Å². The number of ether oxygens (including phenoxy) is 1. The minimum Gasteiger partial charge on any atom is -0.453 e. The van der Waals surface area contributed by atoms with Crippen LogP contribution in [0.3, 0.4) is 0 Å². The molecule has 1 aliphatic carbocycles. The van der Waals surface area contributed by atoms with Gasteiger partial charge >= 0.3 is 6.09 Å². The number of methoxy groups -OCH3 is 1. The Morgan fingerprint density at radius 3 is 2.38 bits per heavy atom. The Morgan fingerprint density at radius 2 is 1.88 bits per heavy atom. The largest absolute Gasteiger partial charge is 0.453 e. The van der Waals surface area contributed by atoms with Gasteiger partial charge in [-0.25, -0.2) is 4.79 Å². The van der Waals surface area contributed by atoms with Crippen molar-refractivity contribution in [1.82, 2.24) is 0 Å². The maximum absolute atomic E-state index is 11.0. The van der Waals surface area contributed by atoms with Gasteiger partial charge in [-0.2, -0.15) is 0 Å². The van der Waals surface area contributed by atoms with Crippen LogP contribution in [-0.2, 0) is 4.74 Å². The highest BCUT2D eigenvalue weighted by atomic mass is 16.5. The van der Waals surface area contributed by atoms with Gasteiger partial charge in [0.25, 0.3) is 0 Å².